The van der Waals surface area contributed by atoms with Crippen LogP contribution in [0.1, 0.15) is 11.1 Å². The summed E-state index contributed by atoms with van der Waals surface area (Å²) in [6.07, 6.45) is 1.40. The van der Waals surface area contributed by atoms with Crippen molar-refractivity contribution in [3.63, 3.8) is 0 Å². The van der Waals surface area contributed by atoms with Crippen molar-refractivity contribution in [1.82, 2.24) is 4.90 Å². The van der Waals surface area contributed by atoms with Gasteiger partial charge in [0.2, 0.25) is 0 Å². The summed E-state index contributed by atoms with van der Waals surface area (Å²) >= 11 is 0. The SMILES string of the molecule is N#CC(C#N)=Cc1cc(CN2CCOCC2)ccc1O. The molecule has 20 heavy (non-hydrogen) atoms. The number of aromatic hydroxyl groups is 1. The number of nitriles is 2. The van der Waals surface area contributed by atoms with Gasteiger partial charge < -0.3 is 9.84 Å². The van der Waals surface area contributed by atoms with Crippen LogP contribution in [0.3, 0.4) is 0 Å². The molecule has 0 saturated carbocycles. The average Bonchev–Trinajstić information content (AvgIpc) is 2.49. The van der Waals surface area contributed by atoms with Crippen LogP contribution in [-0.4, -0.2) is 36.3 Å². The minimum absolute atomic E-state index is 0.0242. The molecule has 1 aromatic carbocycles. The molecule has 0 radical (unpaired) electrons. The maximum atomic E-state index is 9.78. The van der Waals surface area contributed by atoms with Crippen molar-refractivity contribution in [3.05, 3.63) is 34.9 Å². The molecule has 0 atom stereocenters. The molecule has 0 unspecified atom stereocenters. The molecule has 1 heterocycles. The first kappa shape index (κ1) is 14.1. The van der Waals surface area contributed by atoms with E-state index in [1.54, 1.807) is 24.3 Å². The molecule has 102 valence electrons. The molecule has 0 bridgehead atoms. The van der Waals surface area contributed by atoms with E-state index >= 15 is 0 Å². The van der Waals surface area contributed by atoms with Crippen molar-refractivity contribution in [3.8, 4) is 17.9 Å². The molecule has 1 saturated heterocycles. The smallest absolute Gasteiger partial charge is 0.130 e. The molecule has 1 aliphatic heterocycles. The van der Waals surface area contributed by atoms with Gasteiger partial charge in [0.25, 0.3) is 0 Å². The summed E-state index contributed by atoms with van der Waals surface area (Å²) in [7, 11) is 0. The van der Waals surface area contributed by atoms with E-state index in [1.165, 1.54) is 6.08 Å². The second-order valence-corrected chi connectivity index (χ2v) is 4.56. The Balaban J connectivity index is 2.18. The van der Waals surface area contributed by atoms with Crippen molar-refractivity contribution in [2.75, 3.05) is 26.3 Å². The number of phenolic OH excluding ortho intramolecular Hbond substituents is 1. The van der Waals surface area contributed by atoms with Gasteiger partial charge in [-0.2, -0.15) is 10.5 Å². The lowest BCUT2D eigenvalue weighted by atomic mass is 10.1. The van der Waals surface area contributed by atoms with E-state index in [0.29, 0.717) is 5.56 Å². The Bertz CT molecular complexity index is 574. The average molecular weight is 269 g/mol. The summed E-state index contributed by atoms with van der Waals surface area (Å²) in [6, 6.07) is 8.82. The van der Waals surface area contributed by atoms with Crippen LogP contribution in [0.25, 0.3) is 6.08 Å². The number of morpholine rings is 1. The van der Waals surface area contributed by atoms with Crippen LogP contribution in [0, 0.1) is 22.7 Å². The summed E-state index contributed by atoms with van der Waals surface area (Å²) in [5, 5.41) is 27.3. The maximum Gasteiger partial charge on any atom is 0.130 e. The highest BCUT2D eigenvalue weighted by atomic mass is 16.5. The van der Waals surface area contributed by atoms with Gasteiger partial charge in [-0.05, 0) is 23.8 Å². The third-order valence-corrected chi connectivity index (χ3v) is 3.14. The lowest BCUT2D eigenvalue weighted by molar-refractivity contribution is 0.0342. The summed E-state index contributed by atoms with van der Waals surface area (Å²) in [6.45, 7) is 4.00. The Kier molecular flexibility index (Phi) is 4.73. The van der Waals surface area contributed by atoms with Gasteiger partial charge in [0.1, 0.15) is 23.5 Å². The summed E-state index contributed by atoms with van der Waals surface area (Å²) in [4.78, 5) is 2.26. The minimum atomic E-state index is -0.0242. The molecule has 1 fully saturated rings. The molecular weight excluding hydrogens is 254 g/mol. The summed E-state index contributed by atoms with van der Waals surface area (Å²) in [5.41, 5.74) is 1.50. The van der Waals surface area contributed by atoms with Crippen LogP contribution in [0.15, 0.2) is 23.8 Å². The number of phenols is 1. The molecule has 1 aromatic rings. The van der Waals surface area contributed by atoms with Gasteiger partial charge in [-0.15, -0.1) is 0 Å². The van der Waals surface area contributed by atoms with E-state index in [0.717, 1.165) is 38.4 Å². The number of rotatable bonds is 3. The molecule has 2 rings (SSSR count). The highest BCUT2D eigenvalue weighted by Gasteiger charge is 2.11. The molecule has 1 aliphatic rings. The third kappa shape index (κ3) is 3.58. The highest BCUT2D eigenvalue weighted by molar-refractivity contribution is 5.66. The summed E-state index contributed by atoms with van der Waals surface area (Å²) < 4.78 is 5.30. The number of hydrogen-bond acceptors (Lipinski definition) is 5. The maximum absolute atomic E-state index is 9.78. The van der Waals surface area contributed by atoms with Gasteiger partial charge in [-0.3, -0.25) is 4.90 Å². The van der Waals surface area contributed by atoms with E-state index < -0.39 is 0 Å². The molecule has 0 spiro atoms. The zero-order valence-corrected chi connectivity index (χ0v) is 11.0. The Morgan fingerprint density at radius 2 is 2.00 bits per heavy atom. The standard InChI is InChI=1S/C15H15N3O2/c16-9-13(10-17)8-14-7-12(1-2-15(14)19)11-18-3-5-20-6-4-18/h1-2,7-8,19H,3-6,11H2. The first-order chi connectivity index (χ1) is 9.72. The van der Waals surface area contributed by atoms with Crippen LogP contribution in [0.4, 0.5) is 0 Å². The van der Waals surface area contributed by atoms with Crippen LogP contribution in [-0.2, 0) is 11.3 Å². The lowest BCUT2D eigenvalue weighted by Crippen LogP contribution is -2.35. The monoisotopic (exact) mass is 269 g/mol. The van der Waals surface area contributed by atoms with Gasteiger partial charge in [-0.1, -0.05) is 6.07 Å². The van der Waals surface area contributed by atoms with Crippen LogP contribution < -0.4 is 0 Å². The predicted octanol–water partition coefficient (Wildman–Crippen LogP) is 1.65. The summed E-state index contributed by atoms with van der Waals surface area (Å²) in [5.74, 6) is 0.0683. The molecule has 0 aliphatic carbocycles. The van der Waals surface area contributed by atoms with Crippen LogP contribution >= 0.6 is 0 Å². The van der Waals surface area contributed by atoms with Crippen molar-refractivity contribution in [2.45, 2.75) is 6.54 Å². The molecule has 5 heteroatoms. The molecule has 5 nitrogen and oxygen atoms in total. The van der Waals surface area contributed by atoms with Gasteiger partial charge in [0.15, 0.2) is 0 Å². The molecular formula is C15H15N3O2. The Morgan fingerprint density at radius 1 is 1.30 bits per heavy atom. The fourth-order valence-corrected chi connectivity index (χ4v) is 2.08. The first-order valence-corrected chi connectivity index (χ1v) is 6.37. The van der Waals surface area contributed by atoms with E-state index in [4.69, 9.17) is 15.3 Å². The molecule has 0 aromatic heterocycles. The van der Waals surface area contributed by atoms with Crippen molar-refractivity contribution in [2.24, 2.45) is 0 Å². The minimum Gasteiger partial charge on any atom is -0.507 e. The van der Waals surface area contributed by atoms with Crippen molar-refractivity contribution in [1.29, 1.82) is 10.5 Å². The second kappa shape index (κ2) is 6.72. The van der Waals surface area contributed by atoms with Crippen LogP contribution in [0.2, 0.25) is 0 Å². The predicted molar refractivity (Wildman–Crippen MR) is 73.4 cm³/mol. The quantitative estimate of drug-likeness (QED) is 0.844. The molecule has 0 amide bonds. The number of ether oxygens (including phenoxy) is 1. The van der Waals surface area contributed by atoms with Gasteiger partial charge in [0, 0.05) is 25.2 Å². The third-order valence-electron chi connectivity index (χ3n) is 3.14. The number of nitrogens with zero attached hydrogens (tertiary/aromatic N) is 3. The second-order valence-electron chi connectivity index (χ2n) is 4.56. The van der Waals surface area contributed by atoms with Crippen LogP contribution in [0.5, 0.6) is 5.75 Å². The zero-order valence-electron chi connectivity index (χ0n) is 11.0. The van der Waals surface area contributed by atoms with E-state index in [9.17, 15) is 5.11 Å². The fourth-order valence-electron chi connectivity index (χ4n) is 2.08. The van der Waals surface area contributed by atoms with E-state index in [2.05, 4.69) is 4.90 Å². The van der Waals surface area contributed by atoms with Crippen molar-refractivity contribution >= 4 is 6.08 Å². The highest BCUT2D eigenvalue weighted by Crippen LogP contribution is 2.22. The van der Waals surface area contributed by atoms with E-state index in [1.807, 2.05) is 6.07 Å². The number of benzene rings is 1. The Labute approximate surface area is 117 Å². The molecule has 1 N–H and O–H groups in total. The fraction of sp³-hybridized carbons (Fsp3) is 0.333. The Morgan fingerprint density at radius 3 is 2.65 bits per heavy atom. The zero-order chi connectivity index (χ0) is 14.4. The number of allylic oxidation sites excluding steroid dienone is 1. The number of hydrogen-bond donors (Lipinski definition) is 1. The topological polar surface area (TPSA) is 80.3 Å². The van der Waals surface area contributed by atoms with Gasteiger partial charge in [0.05, 0.1) is 13.2 Å². The lowest BCUT2D eigenvalue weighted by Gasteiger charge is -2.26. The van der Waals surface area contributed by atoms with Gasteiger partial charge in [-0.25, -0.2) is 0 Å². The first-order valence-electron chi connectivity index (χ1n) is 6.37. The van der Waals surface area contributed by atoms with Crippen molar-refractivity contribution < 1.29 is 9.84 Å². The Hall–Kier alpha value is -2.34. The normalized spacial score (nSPS) is 15.1. The van der Waals surface area contributed by atoms with E-state index in [-0.39, 0.29) is 11.3 Å². The largest absolute Gasteiger partial charge is 0.507 e. The van der Waals surface area contributed by atoms with Gasteiger partial charge >= 0.3 is 0 Å².